The Bertz CT molecular complexity index is 375. The highest BCUT2D eigenvalue weighted by Crippen LogP contribution is 2.31. The van der Waals surface area contributed by atoms with Gasteiger partial charge in [-0.15, -0.1) is 0 Å². The second-order valence-electron chi connectivity index (χ2n) is 5.44. The zero-order valence-electron chi connectivity index (χ0n) is 11.0. The number of hydrogen-bond donors (Lipinski definition) is 1. The van der Waals surface area contributed by atoms with E-state index in [1.54, 1.807) is 12.1 Å². The lowest BCUT2D eigenvalue weighted by Gasteiger charge is -2.19. The van der Waals surface area contributed by atoms with Crippen LogP contribution in [0, 0.1) is 11.8 Å². The molecule has 1 saturated carbocycles. The molecule has 1 fully saturated rings. The quantitative estimate of drug-likeness (QED) is 0.850. The molecule has 0 spiro atoms. The molecule has 2 rings (SSSR count). The minimum Gasteiger partial charge on any atom is -0.310 e. The van der Waals surface area contributed by atoms with Crippen molar-refractivity contribution in [2.24, 2.45) is 11.8 Å². The Kier molecular flexibility index (Phi) is 4.33. The van der Waals surface area contributed by atoms with Crippen molar-refractivity contribution in [3.63, 3.8) is 0 Å². The van der Waals surface area contributed by atoms with Crippen molar-refractivity contribution < 1.29 is 8.78 Å². The lowest BCUT2D eigenvalue weighted by molar-refractivity contribution is 0.151. The Morgan fingerprint density at radius 1 is 1.17 bits per heavy atom. The van der Waals surface area contributed by atoms with Crippen molar-refractivity contribution in [3.05, 3.63) is 35.4 Å². The van der Waals surface area contributed by atoms with Gasteiger partial charge in [-0.2, -0.15) is 0 Å². The standard InChI is InChI=1S/C15H21F2N/c1-10-3-8-14(11(10)2)18-9-12-4-6-13(7-5-12)15(16)17/h4-7,10-11,14-15,18H,3,8-9H2,1-2H3. The maximum Gasteiger partial charge on any atom is 0.263 e. The third kappa shape index (κ3) is 3.08. The van der Waals surface area contributed by atoms with Crippen molar-refractivity contribution in [3.8, 4) is 0 Å². The van der Waals surface area contributed by atoms with Crippen molar-refractivity contribution in [1.82, 2.24) is 5.32 Å². The van der Waals surface area contributed by atoms with Gasteiger partial charge < -0.3 is 5.32 Å². The van der Waals surface area contributed by atoms with Crippen molar-refractivity contribution >= 4 is 0 Å². The molecule has 3 atom stereocenters. The predicted octanol–water partition coefficient (Wildman–Crippen LogP) is 4.15. The third-order valence-corrected chi connectivity index (χ3v) is 4.27. The van der Waals surface area contributed by atoms with E-state index in [1.165, 1.54) is 25.0 Å². The molecule has 100 valence electrons. The van der Waals surface area contributed by atoms with Gasteiger partial charge in [0.15, 0.2) is 0 Å². The van der Waals surface area contributed by atoms with E-state index in [4.69, 9.17) is 0 Å². The van der Waals surface area contributed by atoms with Gasteiger partial charge in [0.25, 0.3) is 6.43 Å². The predicted molar refractivity (Wildman–Crippen MR) is 69.6 cm³/mol. The van der Waals surface area contributed by atoms with Crippen LogP contribution >= 0.6 is 0 Å². The van der Waals surface area contributed by atoms with Crippen LogP contribution in [0.25, 0.3) is 0 Å². The first-order valence-corrected chi connectivity index (χ1v) is 6.68. The first-order chi connectivity index (χ1) is 8.58. The van der Waals surface area contributed by atoms with Crippen molar-refractivity contribution in [2.75, 3.05) is 0 Å². The fourth-order valence-corrected chi connectivity index (χ4v) is 2.68. The van der Waals surface area contributed by atoms with Gasteiger partial charge in [0.2, 0.25) is 0 Å². The van der Waals surface area contributed by atoms with Gasteiger partial charge >= 0.3 is 0 Å². The number of hydrogen-bond acceptors (Lipinski definition) is 1. The lowest BCUT2D eigenvalue weighted by Crippen LogP contribution is -2.31. The maximum absolute atomic E-state index is 12.4. The first kappa shape index (κ1) is 13.5. The normalized spacial score (nSPS) is 27.9. The minimum atomic E-state index is -2.37. The molecular formula is C15H21F2N. The van der Waals surface area contributed by atoms with Crippen LogP contribution in [0.4, 0.5) is 8.78 Å². The van der Waals surface area contributed by atoms with Crippen LogP contribution in [-0.4, -0.2) is 6.04 Å². The van der Waals surface area contributed by atoms with Crippen molar-refractivity contribution in [1.29, 1.82) is 0 Å². The van der Waals surface area contributed by atoms with Gasteiger partial charge in [0, 0.05) is 18.2 Å². The number of nitrogens with one attached hydrogen (secondary N) is 1. The Hall–Kier alpha value is -0.960. The van der Waals surface area contributed by atoms with Gasteiger partial charge in [-0.05, 0) is 30.2 Å². The highest BCUT2D eigenvalue weighted by molar-refractivity contribution is 5.23. The monoisotopic (exact) mass is 253 g/mol. The molecule has 3 heteroatoms. The summed E-state index contributed by atoms with van der Waals surface area (Å²) in [7, 11) is 0. The second-order valence-corrected chi connectivity index (χ2v) is 5.44. The van der Waals surface area contributed by atoms with Gasteiger partial charge in [-0.1, -0.05) is 38.1 Å². The molecule has 3 unspecified atom stereocenters. The summed E-state index contributed by atoms with van der Waals surface area (Å²) in [5, 5.41) is 3.54. The topological polar surface area (TPSA) is 12.0 Å². The fourth-order valence-electron chi connectivity index (χ4n) is 2.68. The molecule has 0 saturated heterocycles. The maximum atomic E-state index is 12.4. The third-order valence-electron chi connectivity index (χ3n) is 4.27. The summed E-state index contributed by atoms with van der Waals surface area (Å²) in [5.74, 6) is 1.48. The summed E-state index contributed by atoms with van der Waals surface area (Å²) < 4.78 is 24.8. The molecule has 0 amide bonds. The van der Waals surface area contributed by atoms with E-state index in [-0.39, 0.29) is 5.56 Å². The summed E-state index contributed by atoms with van der Waals surface area (Å²) in [4.78, 5) is 0. The molecule has 0 radical (unpaired) electrons. The average molecular weight is 253 g/mol. The molecule has 0 aromatic heterocycles. The molecule has 1 nitrogen and oxygen atoms in total. The number of alkyl halides is 2. The Morgan fingerprint density at radius 2 is 1.83 bits per heavy atom. The molecule has 18 heavy (non-hydrogen) atoms. The van der Waals surface area contributed by atoms with Gasteiger partial charge in [-0.25, -0.2) is 8.78 Å². The van der Waals surface area contributed by atoms with Crippen LogP contribution in [0.2, 0.25) is 0 Å². The molecule has 0 bridgehead atoms. The first-order valence-electron chi connectivity index (χ1n) is 6.68. The molecule has 1 aromatic carbocycles. The molecule has 1 N–H and O–H groups in total. The largest absolute Gasteiger partial charge is 0.310 e. The van der Waals surface area contributed by atoms with E-state index >= 15 is 0 Å². The highest BCUT2D eigenvalue weighted by atomic mass is 19.3. The molecule has 0 aliphatic heterocycles. The zero-order valence-corrected chi connectivity index (χ0v) is 11.0. The van der Waals surface area contributed by atoms with Crippen LogP contribution in [0.1, 0.15) is 44.2 Å². The van der Waals surface area contributed by atoms with Gasteiger partial charge in [0.1, 0.15) is 0 Å². The Morgan fingerprint density at radius 3 is 2.33 bits per heavy atom. The summed E-state index contributed by atoms with van der Waals surface area (Å²) in [6.45, 7) is 5.35. The van der Waals surface area contributed by atoms with Crippen LogP contribution in [-0.2, 0) is 6.54 Å². The van der Waals surface area contributed by atoms with E-state index < -0.39 is 6.43 Å². The summed E-state index contributed by atoms with van der Waals surface area (Å²) in [6.07, 6.45) is 0.128. The summed E-state index contributed by atoms with van der Waals surface area (Å²) in [5.41, 5.74) is 1.17. The Labute approximate surface area is 108 Å². The lowest BCUT2D eigenvalue weighted by atomic mass is 9.97. The second kappa shape index (κ2) is 5.79. The average Bonchev–Trinajstić information content (AvgIpc) is 2.68. The van der Waals surface area contributed by atoms with E-state index in [0.717, 1.165) is 18.0 Å². The van der Waals surface area contributed by atoms with E-state index in [9.17, 15) is 8.78 Å². The van der Waals surface area contributed by atoms with Gasteiger partial charge in [-0.3, -0.25) is 0 Å². The van der Waals surface area contributed by atoms with Crippen LogP contribution in [0.15, 0.2) is 24.3 Å². The molecule has 1 aliphatic rings. The van der Waals surface area contributed by atoms with E-state index in [0.29, 0.717) is 12.0 Å². The van der Waals surface area contributed by atoms with E-state index in [2.05, 4.69) is 19.2 Å². The van der Waals surface area contributed by atoms with Crippen molar-refractivity contribution in [2.45, 2.75) is 45.7 Å². The number of benzene rings is 1. The fraction of sp³-hybridized carbons (Fsp3) is 0.600. The summed E-state index contributed by atoms with van der Waals surface area (Å²) in [6, 6.07) is 7.18. The molecular weight excluding hydrogens is 232 g/mol. The molecule has 1 aromatic rings. The SMILES string of the molecule is CC1CCC(NCc2ccc(C(F)F)cc2)C1C. The highest BCUT2D eigenvalue weighted by Gasteiger charge is 2.28. The Balaban J connectivity index is 1.87. The van der Waals surface area contributed by atoms with Crippen LogP contribution < -0.4 is 5.32 Å². The molecule has 1 aliphatic carbocycles. The minimum absolute atomic E-state index is 0.0987. The molecule has 0 heterocycles. The zero-order chi connectivity index (χ0) is 13.1. The number of halogens is 2. The number of rotatable bonds is 4. The summed E-state index contributed by atoms with van der Waals surface area (Å²) >= 11 is 0. The smallest absolute Gasteiger partial charge is 0.263 e. The van der Waals surface area contributed by atoms with Gasteiger partial charge in [0.05, 0.1) is 0 Å². The van der Waals surface area contributed by atoms with Crippen LogP contribution in [0.5, 0.6) is 0 Å². The van der Waals surface area contributed by atoms with E-state index in [1.807, 2.05) is 0 Å². The van der Waals surface area contributed by atoms with Crippen LogP contribution in [0.3, 0.4) is 0 Å².